The molecule has 3 aromatic rings. The Bertz CT molecular complexity index is 966. The molecule has 1 N–H and O–H groups in total. The van der Waals surface area contributed by atoms with Crippen molar-refractivity contribution in [2.24, 2.45) is 0 Å². The maximum Gasteiger partial charge on any atom is 0.0572 e. The van der Waals surface area contributed by atoms with Crippen LogP contribution in [0.2, 0.25) is 0 Å². The van der Waals surface area contributed by atoms with Gasteiger partial charge in [-0.15, -0.1) is 0 Å². The fourth-order valence-corrected chi connectivity index (χ4v) is 4.11. The molecule has 0 unspecified atom stereocenters. The van der Waals surface area contributed by atoms with Crippen LogP contribution in [0.5, 0.6) is 0 Å². The van der Waals surface area contributed by atoms with Gasteiger partial charge in [-0.25, -0.2) is 0 Å². The van der Waals surface area contributed by atoms with Crippen LogP contribution in [0.25, 0.3) is 11.1 Å². The molecule has 0 radical (unpaired) electrons. The monoisotopic (exact) mass is 372 g/mol. The molecule has 4 heteroatoms. The van der Waals surface area contributed by atoms with Crippen molar-refractivity contribution < 1.29 is 0 Å². The molecule has 4 nitrogen and oxygen atoms in total. The topological polar surface area (TPSA) is 41.1 Å². The molecule has 1 aliphatic heterocycles. The Morgan fingerprint density at radius 3 is 2.79 bits per heavy atom. The van der Waals surface area contributed by atoms with E-state index in [-0.39, 0.29) is 0 Å². The molecule has 1 atom stereocenters. The van der Waals surface area contributed by atoms with Crippen LogP contribution in [-0.2, 0) is 19.5 Å². The minimum absolute atomic E-state index is 0.436. The number of aryl methyl sites for hydroxylation is 2. The van der Waals surface area contributed by atoms with Crippen molar-refractivity contribution in [3.8, 4) is 11.1 Å². The molecule has 0 bridgehead atoms. The zero-order valence-electron chi connectivity index (χ0n) is 16.9. The standard InChI is InChI=1S/C24H28N4/c1-17-6-5-10-26-24(17)16-28(3)15-21-13-23-20(14-27-21)7-4-8-22(23)19-9-11-25-18(2)12-19/h4-12,21,27H,13-16H2,1-3H3/t21-/m1/s1. The predicted octanol–water partition coefficient (Wildman–Crippen LogP) is 3.91. The van der Waals surface area contributed by atoms with Crippen molar-refractivity contribution in [1.82, 2.24) is 20.2 Å². The lowest BCUT2D eigenvalue weighted by molar-refractivity contribution is 0.271. The van der Waals surface area contributed by atoms with Crippen LogP contribution in [-0.4, -0.2) is 34.5 Å². The Morgan fingerprint density at radius 1 is 1.07 bits per heavy atom. The van der Waals surface area contributed by atoms with Gasteiger partial charge in [0.2, 0.25) is 0 Å². The Balaban J connectivity index is 1.51. The largest absolute Gasteiger partial charge is 0.308 e. The molecule has 0 saturated carbocycles. The highest BCUT2D eigenvalue weighted by Gasteiger charge is 2.22. The number of nitrogens with one attached hydrogen (secondary N) is 1. The summed E-state index contributed by atoms with van der Waals surface area (Å²) in [6.45, 7) is 6.99. The van der Waals surface area contributed by atoms with Crippen LogP contribution >= 0.6 is 0 Å². The summed E-state index contributed by atoms with van der Waals surface area (Å²) in [4.78, 5) is 11.3. The second kappa shape index (κ2) is 8.21. The number of fused-ring (bicyclic) bond motifs is 1. The lowest BCUT2D eigenvalue weighted by Gasteiger charge is -2.31. The summed E-state index contributed by atoms with van der Waals surface area (Å²) in [5, 5.41) is 3.72. The smallest absolute Gasteiger partial charge is 0.0572 e. The third-order valence-electron chi connectivity index (χ3n) is 5.58. The van der Waals surface area contributed by atoms with Crippen molar-refractivity contribution >= 4 is 0 Å². The van der Waals surface area contributed by atoms with E-state index in [2.05, 4.69) is 77.5 Å². The maximum atomic E-state index is 4.54. The molecule has 3 heterocycles. The Morgan fingerprint density at radius 2 is 1.96 bits per heavy atom. The molecule has 0 amide bonds. The number of likely N-dealkylation sites (N-methyl/N-ethyl adjacent to an activating group) is 1. The summed E-state index contributed by atoms with van der Waals surface area (Å²) < 4.78 is 0. The van der Waals surface area contributed by atoms with Crippen LogP contribution in [0.15, 0.2) is 54.9 Å². The Labute approximate surface area is 167 Å². The SMILES string of the molecule is Cc1cc(-c2cccc3c2C[C@H](CN(C)Cc2ncccc2C)NC3)ccn1. The fourth-order valence-electron chi connectivity index (χ4n) is 4.11. The number of nitrogens with zero attached hydrogens (tertiary/aromatic N) is 3. The van der Waals surface area contributed by atoms with Gasteiger partial charge >= 0.3 is 0 Å². The number of benzene rings is 1. The van der Waals surface area contributed by atoms with E-state index < -0.39 is 0 Å². The average molecular weight is 373 g/mol. The lowest BCUT2D eigenvalue weighted by Crippen LogP contribution is -2.43. The molecule has 1 aliphatic rings. The second-order valence-corrected chi connectivity index (χ2v) is 7.87. The average Bonchev–Trinajstić information content (AvgIpc) is 2.69. The van der Waals surface area contributed by atoms with Crippen molar-refractivity contribution in [2.45, 2.75) is 39.4 Å². The number of pyridine rings is 2. The molecular weight excluding hydrogens is 344 g/mol. The zero-order chi connectivity index (χ0) is 19.5. The van der Waals surface area contributed by atoms with E-state index >= 15 is 0 Å². The first-order chi connectivity index (χ1) is 13.6. The predicted molar refractivity (Wildman–Crippen MR) is 114 cm³/mol. The van der Waals surface area contributed by atoms with Gasteiger partial charge in [0.25, 0.3) is 0 Å². The quantitative estimate of drug-likeness (QED) is 0.737. The van der Waals surface area contributed by atoms with Gasteiger partial charge < -0.3 is 5.32 Å². The number of hydrogen-bond donors (Lipinski definition) is 1. The van der Waals surface area contributed by atoms with Crippen LogP contribution in [0, 0.1) is 13.8 Å². The van der Waals surface area contributed by atoms with E-state index in [4.69, 9.17) is 0 Å². The third kappa shape index (κ3) is 4.13. The Hall–Kier alpha value is -2.56. The van der Waals surface area contributed by atoms with Crippen molar-refractivity contribution in [1.29, 1.82) is 0 Å². The van der Waals surface area contributed by atoms with Gasteiger partial charge in [0, 0.05) is 43.8 Å². The van der Waals surface area contributed by atoms with Gasteiger partial charge in [0.1, 0.15) is 0 Å². The molecule has 144 valence electrons. The minimum Gasteiger partial charge on any atom is -0.308 e. The van der Waals surface area contributed by atoms with Gasteiger partial charge in [0.15, 0.2) is 0 Å². The van der Waals surface area contributed by atoms with Gasteiger partial charge in [-0.05, 0) is 73.3 Å². The molecule has 0 spiro atoms. The van der Waals surface area contributed by atoms with E-state index in [1.807, 2.05) is 18.5 Å². The first-order valence-electron chi connectivity index (χ1n) is 9.96. The Kier molecular flexibility index (Phi) is 5.51. The molecule has 28 heavy (non-hydrogen) atoms. The van der Waals surface area contributed by atoms with Crippen LogP contribution < -0.4 is 5.32 Å². The lowest BCUT2D eigenvalue weighted by atomic mass is 9.88. The minimum atomic E-state index is 0.436. The zero-order valence-corrected chi connectivity index (χ0v) is 16.9. The molecule has 0 aliphatic carbocycles. The van der Waals surface area contributed by atoms with E-state index in [1.54, 1.807) is 0 Å². The number of hydrogen-bond acceptors (Lipinski definition) is 4. The van der Waals surface area contributed by atoms with Gasteiger partial charge in [0.05, 0.1) is 5.69 Å². The highest BCUT2D eigenvalue weighted by Crippen LogP contribution is 2.30. The first kappa shape index (κ1) is 18.8. The van der Waals surface area contributed by atoms with E-state index in [1.165, 1.54) is 27.8 Å². The molecular formula is C24H28N4. The van der Waals surface area contributed by atoms with E-state index in [0.717, 1.165) is 37.4 Å². The van der Waals surface area contributed by atoms with Crippen LogP contribution in [0.3, 0.4) is 0 Å². The molecule has 4 rings (SSSR count). The van der Waals surface area contributed by atoms with E-state index in [0.29, 0.717) is 6.04 Å². The van der Waals surface area contributed by atoms with Crippen LogP contribution in [0.4, 0.5) is 0 Å². The fraction of sp³-hybridized carbons (Fsp3) is 0.333. The van der Waals surface area contributed by atoms with Crippen molar-refractivity contribution in [3.63, 3.8) is 0 Å². The van der Waals surface area contributed by atoms with Gasteiger partial charge in [-0.1, -0.05) is 24.3 Å². The number of rotatable bonds is 5. The summed E-state index contributed by atoms with van der Waals surface area (Å²) in [7, 11) is 2.18. The van der Waals surface area contributed by atoms with Gasteiger partial charge in [-0.3, -0.25) is 14.9 Å². The maximum absolute atomic E-state index is 4.54. The highest BCUT2D eigenvalue weighted by atomic mass is 15.1. The third-order valence-corrected chi connectivity index (χ3v) is 5.58. The molecule has 1 aromatic carbocycles. The summed E-state index contributed by atoms with van der Waals surface area (Å²) in [6, 6.07) is 15.5. The first-order valence-corrected chi connectivity index (χ1v) is 9.96. The normalized spacial score (nSPS) is 16.2. The summed E-state index contributed by atoms with van der Waals surface area (Å²) in [5.74, 6) is 0. The molecule has 2 aromatic heterocycles. The van der Waals surface area contributed by atoms with Crippen molar-refractivity contribution in [2.75, 3.05) is 13.6 Å². The number of aromatic nitrogens is 2. The second-order valence-electron chi connectivity index (χ2n) is 7.87. The summed E-state index contributed by atoms with van der Waals surface area (Å²) >= 11 is 0. The van der Waals surface area contributed by atoms with E-state index in [9.17, 15) is 0 Å². The summed E-state index contributed by atoms with van der Waals surface area (Å²) in [6.07, 6.45) is 4.83. The molecule has 0 fully saturated rings. The van der Waals surface area contributed by atoms with Crippen LogP contribution in [0.1, 0.15) is 28.1 Å². The highest BCUT2D eigenvalue weighted by molar-refractivity contribution is 5.69. The summed E-state index contributed by atoms with van der Waals surface area (Å²) in [5.41, 5.74) is 8.97. The van der Waals surface area contributed by atoms with Crippen molar-refractivity contribution in [3.05, 3.63) is 82.9 Å². The van der Waals surface area contributed by atoms with Gasteiger partial charge in [-0.2, -0.15) is 0 Å². The molecule has 0 saturated heterocycles.